The van der Waals surface area contributed by atoms with E-state index in [0.29, 0.717) is 29.4 Å². The van der Waals surface area contributed by atoms with Crippen LogP contribution < -0.4 is 14.8 Å². The summed E-state index contributed by atoms with van der Waals surface area (Å²) in [6.07, 6.45) is 6.23. The quantitative estimate of drug-likeness (QED) is 0.340. The first-order valence-electron chi connectivity index (χ1n) is 12.2. The topological polar surface area (TPSA) is 114 Å². The van der Waals surface area contributed by atoms with Crippen LogP contribution >= 0.6 is 0 Å². The number of aromatic amines is 2. The van der Waals surface area contributed by atoms with Gasteiger partial charge in [-0.2, -0.15) is 5.10 Å². The van der Waals surface area contributed by atoms with Gasteiger partial charge in [0.1, 0.15) is 17.2 Å². The molecule has 1 aliphatic heterocycles. The third-order valence-electron chi connectivity index (χ3n) is 6.68. The summed E-state index contributed by atoms with van der Waals surface area (Å²) in [5.74, 6) is 1.89. The van der Waals surface area contributed by atoms with Gasteiger partial charge in [-0.05, 0) is 56.0 Å². The number of aryl methyl sites for hydroxylation is 1. The van der Waals surface area contributed by atoms with Crippen molar-refractivity contribution >= 4 is 16.9 Å². The molecule has 1 amide bonds. The first kappa shape index (κ1) is 23.9. The molecule has 9 heteroatoms. The van der Waals surface area contributed by atoms with Crippen LogP contribution in [0.25, 0.3) is 22.6 Å². The molecule has 3 N–H and O–H groups in total. The van der Waals surface area contributed by atoms with E-state index in [0.717, 1.165) is 59.3 Å². The number of amides is 1. The van der Waals surface area contributed by atoms with Gasteiger partial charge in [-0.1, -0.05) is 0 Å². The van der Waals surface area contributed by atoms with Crippen molar-refractivity contribution in [3.8, 4) is 23.0 Å². The van der Waals surface area contributed by atoms with E-state index in [1.807, 2.05) is 37.4 Å². The molecule has 36 heavy (non-hydrogen) atoms. The van der Waals surface area contributed by atoms with Crippen molar-refractivity contribution in [2.45, 2.75) is 45.3 Å². The number of rotatable bonds is 8. The minimum absolute atomic E-state index is 0.173. The lowest BCUT2D eigenvalue weighted by molar-refractivity contribution is 0.0168. The Balaban J connectivity index is 1.34. The number of hydrogen-bond donors (Lipinski definition) is 3. The minimum Gasteiger partial charge on any atom is -0.497 e. The maximum absolute atomic E-state index is 13.1. The molecular weight excluding hydrogens is 458 g/mol. The first-order chi connectivity index (χ1) is 17.6. The second-order valence-electron chi connectivity index (χ2n) is 9.09. The summed E-state index contributed by atoms with van der Waals surface area (Å²) in [4.78, 5) is 21.2. The Morgan fingerprint density at radius 2 is 2.06 bits per heavy atom. The summed E-state index contributed by atoms with van der Waals surface area (Å²) in [6, 6.07) is 9.31. The van der Waals surface area contributed by atoms with Crippen molar-refractivity contribution in [2.75, 3.05) is 20.8 Å². The van der Waals surface area contributed by atoms with Crippen molar-refractivity contribution in [1.82, 2.24) is 25.5 Å². The third-order valence-corrected chi connectivity index (χ3v) is 6.68. The highest BCUT2D eigenvalue weighted by Gasteiger charge is 2.20. The normalized spacial score (nSPS) is 15.7. The third kappa shape index (κ3) is 4.92. The largest absolute Gasteiger partial charge is 0.497 e. The van der Waals surface area contributed by atoms with Gasteiger partial charge < -0.3 is 24.5 Å². The number of nitrogens with one attached hydrogen (secondary N) is 3. The van der Waals surface area contributed by atoms with Crippen LogP contribution in [0.5, 0.6) is 11.5 Å². The summed E-state index contributed by atoms with van der Waals surface area (Å²) in [6.45, 7) is 3.07. The van der Waals surface area contributed by atoms with Crippen LogP contribution in [0.4, 0.5) is 0 Å². The molecule has 4 aromatic rings. The van der Waals surface area contributed by atoms with Gasteiger partial charge in [0.25, 0.3) is 5.91 Å². The molecule has 0 saturated carbocycles. The molecule has 2 aromatic carbocycles. The van der Waals surface area contributed by atoms with Crippen LogP contribution in [-0.4, -0.2) is 53.0 Å². The number of fused-ring (bicyclic) bond motifs is 1. The highest BCUT2D eigenvalue weighted by Crippen LogP contribution is 2.27. The summed E-state index contributed by atoms with van der Waals surface area (Å²) in [5, 5.41) is 10.3. The van der Waals surface area contributed by atoms with Crippen molar-refractivity contribution in [3.63, 3.8) is 0 Å². The number of benzene rings is 2. The van der Waals surface area contributed by atoms with Gasteiger partial charge in [-0.3, -0.25) is 9.89 Å². The SMILES string of the molecule is COc1ccc(CNC(=O)c2cc3nc(-c4[nH]ncc4CC4CCCCO4)[nH]c3cc2C)c(OC)c1. The number of nitrogens with zero attached hydrogens (tertiary/aromatic N) is 2. The Kier molecular flexibility index (Phi) is 6.90. The van der Waals surface area contributed by atoms with E-state index in [1.165, 1.54) is 6.42 Å². The molecule has 188 valence electrons. The van der Waals surface area contributed by atoms with Crippen molar-refractivity contribution in [3.05, 3.63) is 58.8 Å². The molecule has 5 rings (SSSR count). The molecule has 1 saturated heterocycles. The molecule has 0 radical (unpaired) electrons. The number of imidazole rings is 1. The number of carbonyl (C=O) groups is 1. The molecule has 1 fully saturated rings. The Hall–Kier alpha value is -3.85. The van der Waals surface area contributed by atoms with E-state index in [9.17, 15) is 4.79 Å². The van der Waals surface area contributed by atoms with Gasteiger partial charge in [0.2, 0.25) is 0 Å². The molecule has 0 spiro atoms. The Bertz CT molecular complexity index is 1370. The van der Waals surface area contributed by atoms with Crippen LogP contribution in [-0.2, 0) is 17.7 Å². The summed E-state index contributed by atoms with van der Waals surface area (Å²) < 4.78 is 16.6. The van der Waals surface area contributed by atoms with Crippen LogP contribution in [0.15, 0.2) is 36.5 Å². The van der Waals surface area contributed by atoms with E-state index in [4.69, 9.17) is 19.2 Å². The van der Waals surface area contributed by atoms with E-state index < -0.39 is 0 Å². The molecule has 1 aliphatic rings. The van der Waals surface area contributed by atoms with Crippen LogP contribution in [0.1, 0.15) is 46.3 Å². The van der Waals surface area contributed by atoms with Gasteiger partial charge in [-0.15, -0.1) is 0 Å². The second-order valence-corrected chi connectivity index (χ2v) is 9.09. The fraction of sp³-hybridized carbons (Fsp3) is 0.370. The highest BCUT2D eigenvalue weighted by molar-refractivity contribution is 5.99. The van der Waals surface area contributed by atoms with Crippen molar-refractivity contribution in [1.29, 1.82) is 0 Å². The Morgan fingerprint density at radius 1 is 1.17 bits per heavy atom. The fourth-order valence-electron chi connectivity index (χ4n) is 4.68. The summed E-state index contributed by atoms with van der Waals surface area (Å²) >= 11 is 0. The van der Waals surface area contributed by atoms with Crippen LogP contribution in [0, 0.1) is 6.92 Å². The van der Waals surface area contributed by atoms with Crippen LogP contribution in [0.2, 0.25) is 0 Å². The standard InChI is InChI=1S/C27H31N5O4/c1-16-10-22-23(13-21(16)27(33)28-14-17-7-8-19(34-2)12-24(17)35-3)31-26(30-22)25-18(15-29-32-25)11-20-6-4-5-9-36-20/h7-8,10,12-13,15,20H,4-6,9,11,14H2,1-3H3,(H,28,33)(H,29,32)(H,30,31). The molecular formula is C27H31N5O4. The smallest absolute Gasteiger partial charge is 0.251 e. The predicted molar refractivity (Wildman–Crippen MR) is 136 cm³/mol. The number of H-pyrrole nitrogens is 2. The molecule has 1 atom stereocenters. The lowest BCUT2D eigenvalue weighted by atomic mass is 10.0. The number of carbonyl (C=O) groups excluding carboxylic acids is 1. The maximum Gasteiger partial charge on any atom is 0.251 e. The van der Waals surface area contributed by atoms with E-state index >= 15 is 0 Å². The molecule has 3 heterocycles. The maximum atomic E-state index is 13.1. The second kappa shape index (κ2) is 10.4. The van der Waals surface area contributed by atoms with Crippen LogP contribution in [0.3, 0.4) is 0 Å². The lowest BCUT2D eigenvalue weighted by Gasteiger charge is -2.22. The van der Waals surface area contributed by atoms with Crippen molar-refractivity contribution in [2.24, 2.45) is 0 Å². The van der Waals surface area contributed by atoms with Gasteiger partial charge >= 0.3 is 0 Å². The minimum atomic E-state index is -0.173. The zero-order chi connectivity index (χ0) is 25.1. The van der Waals surface area contributed by atoms with E-state index in [2.05, 4.69) is 20.5 Å². The molecule has 2 aromatic heterocycles. The number of methoxy groups -OCH3 is 2. The predicted octanol–water partition coefficient (Wildman–Crippen LogP) is 4.32. The van der Waals surface area contributed by atoms with E-state index in [-0.39, 0.29) is 12.0 Å². The first-order valence-corrected chi connectivity index (χ1v) is 12.2. The van der Waals surface area contributed by atoms with Gasteiger partial charge in [0, 0.05) is 42.3 Å². The molecule has 9 nitrogen and oxygen atoms in total. The Labute approximate surface area is 209 Å². The van der Waals surface area contributed by atoms with Crippen molar-refractivity contribution < 1.29 is 19.0 Å². The average Bonchev–Trinajstić information content (AvgIpc) is 3.53. The number of hydrogen-bond acceptors (Lipinski definition) is 6. The monoisotopic (exact) mass is 489 g/mol. The fourth-order valence-corrected chi connectivity index (χ4v) is 4.68. The zero-order valence-electron chi connectivity index (χ0n) is 20.8. The lowest BCUT2D eigenvalue weighted by Crippen LogP contribution is -2.23. The highest BCUT2D eigenvalue weighted by atomic mass is 16.5. The van der Waals surface area contributed by atoms with Gasteiger partial charge in [0.05, 0.1) is 37.6 Å². The number of ether oxygens (including phenoxy) is 3. The van der Waals surface area contributed by atoms with Gasteiger partial charge in [-0.25, -0.2) is 4.98 Å². The summed E-state index contributed by atoms with van der Waals surface area (Å²) in [7, 11) is 3.20. The molecule has 0 bridgehead atoms. The Morgan fingerprint density at radius 3 is 2.83 bits per heavy atom. The molecule has 1 unspecified atom stereocenters. The number of aromatic nitrogens is 4. The zero-order valence-corrected chi connectivity index (χ0v) is 20.8. The molecule has 0 aliphatic carbocycles. The van der Waals surface area contributed by atoms with Gasteiger partial charge in [0.15, 0.2) is 5.82 Å². The summed E-state index contributed by atoms with van der Waals surface area (Å²) in [5.41, 5.74) is 5.81. The average molecular weight is 490 g/mol. The van der Waals surface area contributed by atoms with E-state index in [1.54, 1.807) is 20.3 Å².